The van der Waals surface area contributed by atoms with Gasteiger partial charge in [0.15, 0.2) is 11.5 Å². The average molecular weight is 404 g/mol. The van der Waals surface area contributed by atoms with Gasteiger partial charge in [-0.2, -0.15) is 0 Å². The molecular formula is C19H20N2O8. The molecule has 2 aromatic rings. The van der Waals surface area contributed by atoms with Crippen LogP contribution < -0.4 is 0 Å². The quantitative estimate of drug-likeness (QED) is 0.464. The lowest BCUT2D eigenvalue weighted by molar-refractivity contribution is -0.386. The number of nitro groups is 2. The number of aliphatic carboxylic acids is 1. The SMILES string of the molecule is Cc1cc([N+](=O)[O-])c(O)c(C(C)(CCC(=O)O)c2cc(C)cc([N+](=O)[O-])c2O)c1. The van der Waals surface area contributed by atoms with E-state index in [2.05, 4.69) is 0 Å². The van der Waals surface area contributed by atoms with E-state index < -0.39 is 50.5 Å². The highest BCUT2D eigenvalue weighted by Crippen LogP contribution is 2.49. The van der Waals surface area contributed by atoms with Crippen molar-refractivity contribution in [2.45, 2.75) is 39.0 Å². The summed E-state index contributed by atoms with van der Waals surface area (Å²) in [5.41, 5.74) is -1.77. The number of aryl methyl sites for hydroxylation is 2. The van der Waals surface area contributed by atoms with Crippen LogP contribution in [-0.4, -0.2) is 31.1 Å². The van der Waals surface area contributed by atoms with Crippen LogP contribution in [0.25, 0.3) is 0 Å². The number of aromatic hydroxyl groups is 2. The summed E-state index contributed by atoms with van der Waals surface area (Å²) in [6, 6.07) is 5.21. The van der Waals surface area contributed by atoms with Gasteiger partial charge in [0.05, 0.1) is 9.85 Å². The van der Waals surface area contributed by atoms with E-state index in [-0.39, 0.29) is 17.5 Å². The number of nitro benzene ring substituents is 2. The van der Waals surface area contributed by atoms with E-state index in [1.807, 2.05) is 0 Å². The normalized spacial score (nSPS) is 11.3. The van der Waals surface area contributed by atoms with Gasteiger partial charge in [-0.05, 0) is 31.4 Å². The van der Waals surface area contributed by atoms with Gasteiger partial charge in [-0.1, -0.05) is 19.1 Å². The number of hydrogen-bond donors (Lipinski definition) is 3. The van der Waals surface area contributed by atoms with Gasteiger partial charge in [0.1, 0.15) is 0 Å². The third kappa shape index (κ3) is 4.10. The van der Waals surface area contributed by atoms with E-state index in [1.54, 1.807) is 13.8 Å². The van der Waals surface area contributed by atoms with E-state index in [0.717, 1.165) is 12.1 Å². The number of carbonyl (C=O) groups is 1. The minimum absolute atomic E-state index is 0.000600. The third-order valence-electron chi connectivity index (χ3n) is 4.89. The summed E-state index contributed by atoms with van der Waals surface area (Å²) in [6.45, 7) is 4.60. The molecule has 2 rings (SSSR count). The van der Waals surface area contributed by atoms with Crippen LogP contribution >= 0.6 is 0 Å². The Morgan fingerprint density at radius 3 is 1.62 bits per heavy atom. The first kappa shape index (κ1) is 21.6. The van der Waals surface area contributed by atoms with Crippen molar-refractivity contribution >= 4 is 17.3 Å². The fourth-order valence-corrected chi connectivity index (χ4v) is 3.41. The van der Waals surface area contributed by atoms with Crippen LogP contribution in [-0.2, 0) is 10.2 Å². The Morgan fingerprint density at radius 2 is 1.31 bits per heavy atom. The minimum atomic E-state index is -1.46. The van der Waals surface area contributed by atoms with Crippen LogP contribution in [0.1, 0.15) is 42.0 Å². The predicted octanol–water partition coefficient (Wildman–Crippen LogP) is 3.70. The van der Waals surface area contributed by atoms with E-state index in [4.69, 9.17) is 5.11 Å². The summed E-state index contributed by atoms with van der Waals surface area (Å²) >= 11 is 0. The number of nitrogens with zero attached hydrogens (tertiary/aromatic N) is 2. The number of hydrogen-bond acceptors (Lipinski definition) is 7. The largest absolute Gasteiger partial charge is 0.502 e. The molecule has 0 fully saturated rings. The number of phenols is 2. The molecule has 29 heavy (non-hydrogen) atoms. The Morgan fingerprint density at radius 1 is 0.931 bits per heavy atom. The molecule has 0 saturated carbocycles. The van der Waals surface area contributed by atoms with Crippen LogP contribution in [0.5, 0.6) is 11.5 Å². The number of rotatable bonds is 7. The van der Waals surface area contributed by atoms with Gasteiger partial charge in [0, 0.05) is 35.1 Å². The molecule has 10 heteroatoms. The molecule has 0 unspecified atom stereocenters. The second kappa shape index (κ2) is 7.74. The molecule has 0 aromatic heterocycles. The molecule has 0 atom stereocenters. The lowest BCUT2D eigenvalue weighted by Gasteiger charge is -2.32. The van der Waals surface area contributed by atoms with Crippen LogP contribution in [0.4, 0.5) is 11.4 Å². The topological polar surface area (TPSA) is 164 Å². The summed E-state index contributed by atoms with van der Waals surface area (Å²) in [7, 11) is 0. The smallest absolute Gasteiger partial charge is 0.311 e. The standard InChI is InChI=1S/C19H20N2O8/c1-10-6-12(17(24)14(8-10)20(26)27)19(3,5-4-16(22)23)13-7-11(2)9-15(18(13)25)21(28)29/h6-9,24-25H,4-5H2,1-3H3,(H,22,23). The second-order valence-corrected chi connectivity index (χ2v) is 7.10. The van der Waals surface area contributed by atoms with Crippen LogP contribution in [0.2, 0.25) is 0 Å². The first-order valence-electron chi connectivity index (χ1n) is 8.57. The summed E-state index contributed by atoms with van der Waals surface area (Å²) in [5, 5.41) is 53.0. The van der Waals surface area contributed by atoms with Crippen molar-refractivity contribution in [1.29, 1.82) is 0 Å². The maximum Gasteiger partial charge on any atom is 0.311 e. The molecular weight excluding hydrogens is 384 g/mol. The van der Waals surface area contributed by atoms with Gasteiger partial charge in [-0.15, -0.1) is 0 Å². The number of benzene rings is 2. The molecule has 10 nitrogen and oxygen atoms in total. The summed E-state index contributed by atoms with van der Waals surface area (Å²) < 4.78 is 0. The Hall–Kier alpha value is -3.69. The van der Waals surface area contributed by atoms with Crippen molar-refractivity contribution in [3.8, 4) is 11.5 Å². The van der Waals surface area contributed by atoms with Crippen LogP contribution in [0.15, 0.2) is 24.3 Å². The first-order valence-corrected chi connectivity index (χ1v) is 8.57. The van der Waals surface area contributed by atoms with Crippen molar-refractivity contribution < 1.29 is 30.0 Å². The van der Waals surface area contributed by atoms with E-state index >= 15 is 0 Å². The fourth-order valence-electron chi connectivity index (χ4n) is 3.41. The zero-order valence-corrected chi connectivity index (χ0v) is 16.0. The molecule has 0 radical (unpaired) electrons. The van der Waals surface area contributed by atoms with E-state index in [0.29, 0.717) is 11.1 Å². The van der Waals surface area contributed by atoms with Gasteiger partial charge < -0.3 is 15.3 Å². The fraction of sp³-hybridized carbons (Fsp3) is 0.316. The first-order chi connectivity index (χ1) is 13.4. The molecule has 0 aliphatic rings. The average Bonchev–Trinajstić information content (AvgIpc) is 2.62. The zero-order chi connectivity index (χ0) is 22.1. The molecule has 0 amide bonds. The monoisotopic (exact) mass is 404 g/mol. The maximum atomic E-state index is 11.3. The molecule has 3 N–H and O–H groups in total. The highest BCUT2D eigenvalue weighted by Gasteiger charge is 2.39. The van der Waals surface area contributed by atoms with Crippen molar-refractivity contribution in [2.75, 3.05) is 0 Å². The molecule has 0 bridgehead atoms. The van der Waals surface area contributed by atoms with Gasteiger partial charge >= 0.3 is 17.3 Å². The summed E-state index contributed by atoms with van der Waals surface area (Å²) in [6.07, 6.45) is -0.580. The molecule has 0 spiro atoms. The Kier molecular flexibility index (Phi) is 5.77. The highest BCUT2D eigenvalue weighted by atomic mass is 16.6. The van der Waals surface area contributed by atoms with Crippen molar-refractivity contribution in [3.05, 3.63) is 66.7 Å². The zero-order valence-electron chi connectivity index (χ0n) is 16.0. The van der Waals surface area contributed by atoms with Gasteiger partial charge in [0.25, 0.3) is 0 Å². The van der Waals surface area contributed by atoms with Gasteiger partial charge in [-0.3, -0.25) is 25.0 Å². The maximum absolute atomic E-state index is 11.3. The lowest BCUT2D eigenvalue weighted by Crippen LogP contribution is -2.26. The molecule has 2 aromatic carbocycles. The molecule has 0 heterocycles. The van der Waals surface area contributed by atoms with Gasteiger partial charge in [-0.25, -0.2) is 0 Å². The number of phenolic OH excluding ortho intramolecular Hbond substituents is 2. The minimum Gasteiger partial charge on any atom is -0.502 e. The molecule has 0 saturated heterocycles. The van der Waals surface area contributed by atoms with E-state index in [9.17, 15) is 35.2 Å². The van der Waals surface area contributed by atoms with Crippen molar-refractivity contribution in [3.63, 3.8) is 0 Å². The van der Waals surface area contributed by atoms with Crippen molar-refractivity contribution in [2.24, 2.45) is 0 Å². The molecule has 0 aliphatic heterocycles. The second-order valence-electron chi connectivity index (χ2n) is 7.10. The lowest BCUT2D eigenvalue weighted by atomic mass is 9.71. The van der Waals surface area contributed by atoms with Crippen molar-refractivity contribution in [1.82, 2.24) is 0 Å². The molecule has 0 aliphatic carbocycles. The third-order valence-corrected chi connectivity index (χ3v) is 4.89. The van der Waals surface area contributed by atoms with Crippen LogP contribution in [0.3, 0.4) is 0 Å². The molecule has 154 valence electrons. The number of carboxylic acid groups (broad SMARTS) is 1. The van der Waals surface area contributed by atoms with E-state index in [1.165, 1.54) is 19.1 Å². The predicted molar refractivity (Wildman–Crippen MR) is 102 cm³/mol. The van der Waals surface area contributed by atoms with Crippen LogP contribution in [0, 0.1) is 34.1 Å². The Labute approximate surface area is 165 Å². The number of carboxylic acids is 1. The highest BCUT2D eigenvalue weighted by molar-refractivity contribution is 5.68. The Bertz CT molecular complexity index is 946. The van der Waals surface area contributed by atoms with Gasteiger partial charge in [0.2, 0.25) is 0 Å². The summed E-state index contributed by atoms with van der Waals surface area (Å²) in [4.78, 5) is 32.3. The Balaban J connectivity index is 2.90. The summed E-state index contributed by atoms with van der Waals surface area (Å²) in [5.74, 6) is -2.53.